The summed E-state index contributed by atoms with van der Waals surface area (Å²) in [5.41, 5.74) is 2.10. The summed E-state index contributed by atoms with van der Waals surface area (Å²) in [7, 11) is 4.58. The van der Waals surface area contributed by atoms with E-state index >= 15 is 0 Å². The van der Waals surface area contributed by atoms with E-state index in [9.17, 15) is 4.39 Å². The molecule has 0 saturated carbocycles. The number of ether oxygens (including phenoxy) is 3. The summed E-state index contributed by atoms with van der Waals surface area (Å²) in [6, 6.07) is 6.94. The molecular formula is C17H16FNO3. The minimum Gasteiger partial charge on any atom is -0.494 e. The molecule has 5 heteroatoms. The van der Waals surface area contributed by atoms with E-state index in [1.807, 2.05) is 13.0 Å². The molecule has 0 radical (unpaired) electrons. The van der Waals surface area contributed by atoms with Crippen LogP contribution in [-0.2, 0) is 0 Å². The molecule has 3 aromatic rings. The van der Waals surface area contributed by atoms with E-state index in [-0.39, 0.29) is 5.75 Å². The molecule has 0 bridgehead atoms. The van der Waals surface area contributed by atoms with Crippen molar-refractivity contribution in [2.45, 2.75) is 6.92 Å². The van der Waals surface area contributed by atoms with Crippen LogP contribution < -0.4 is 14.2 Å². The Bertz CT molecular complexity index is 877. The zero-order valence-electron chi connectivity index (χ0n) is 12.9. The Morgan fingerprint density at radius 1 is 0.864 bits per heavy atom. The number of rotatable bonds is 3. The molecule has 0 unspecified atom stereocenters. The lowest BCUT2D eigenvalue weighted by molar-refractivity contribution is 0.356. The molecule has 1 heterocycles. The van der Waals surface area contributed by atoms with Crippen molar-refractivity contribution in [3.63, 3.8) is 0 Å². The maximum Gasteiger partial charge on any atom is 0.174 e. The first kappa shape index (κ1) is 14.4. The standard InChI is InChI=1S/C17H16FNO3/c1-9-10-7-14(21-3)15(22-4)8-12(10)19-11-5-6-13(20-2)17(18)16(9)11/h5-8H,1-4H3. The topological polar surface area (TPSA) is 40.6 Å². The number of hydrogen-bond acceptors (Lipinski definition) is 4. The summed E-state index contributed by atoms with van der Waals surface area (Å²) >= 11 is 0. The molecule has 0 amide bonds. The van der Waals surface area contributed by atoms with Gasteiger partial charge in [-0.1, -0.05) is 0 Å². The molecule has 0 fully saturated rings. The molecule has 1 aromatic heterocycles. The van der Waals surface area contributed by atoms with Crippen molar-refractivity contribution in [2.24, 2.45) is 0 Å². The average molecular weight is 301 g/mol. The van der Waals surface area contributed by atoms with E-state index in [0.29, 0.717) is 22.4 Å². The third-order valence-corrected chi connectivity index (χ3v) is 3.83. The minimum atomic E-state index is -0.401. The molecule has 2 aromatic carbocycles. The first-order chi connectivity index (χ1) is 10.6. The van der Waals surface area contributed by atoms with Gasteiger partial charge < -0.3 is 14.2 Å². The molecule has 0 atom stereocenters. The summed E-state index contributed by atoms with van der Waals surface area (Å²) in [5.74, 6) is 0.983. The van der Waals surface area contributed by atoms with Crippen molar-refractivity contribution < 1.29 is 18.6 Å². The summed E-state index contributed by atoms with van der Waals surface area (Å²) in [5, 5.41) is 1.27. The number of aromatic nitrogens is 1. The Hall–Kier alpha value is -2.56. The van der Waals surface area contributed by atoms with Gasteiger partial charge in [0.2, 0.25) is 0 Å². The van der Waals surface area contributed by atoms with Crippen LogP contribution in [0, 0.1) is 12.7 Å². The van der Waals surface area contributed by atoms with Gasteiger partial charge in [-0.25, -0.2) is 9.37 Å². The van der Waals surface area contributed by atoms with Crippen molar-refractivity contribution >= 4 is 21.8 Å². The third kappa shape index (κ3) is 2.01. The van der Waals surface area contributed by atoms with Gasteiger partial charge in [0.25, 0.3) is 0 Å². The maximum atomic E-state index is 14.6. The fourth-order valence-corrected chi connectivity index (χ4v) is 2.68. The van der Waals surface area contributed by atoms with Crippen LogP contribution in [0.1, 0.15) is 5.56 Å². The van der Waals surface area contributed by atoms with Gasteiger partial charge in [0, 0.05) is 16.8 Å². The quantitative estimate of drug-likeness (QED) is 0.689. The summed E-state index contributed by atoms with van der Waals surface area (Å²) < 4.78 is 30.2. The summed E-state index contributed by atoms with van der Waals surface area (Å²) in [4.78, 5) is 4.53. The van der Waals surface area contributed by atoms with Crippen LogP contribution in [0.2, 0.25) is 0 Å². The van der Waals surface area contributed by atoms with E-state index in [0.717, 1.165) is 16.5 Å². The smallest absolute Gasteiger partial charge is 0.174 e. The molecule has 0 aliphatic heterocycles. The molecule has 0 aliphatic rings. The van der Waals surface area contributed by atoms with Gasteiger partial charge in [0.1, 0.15) is 0 Å². The second-order valence-electron chi connectivity index (χ2n) is 4.94. The molecule has 0 saturated heterocycles. The Morgan fingerprint density at radius 3 is 2.14 bits per heavy atom. The second-order valence-corrected chi connectivity index (χ2v) is 4.94. The summed E-state index contributed by atoms with van der Waals surface area (Å²) in [6.07, 6.45) is 0. The number of hydrogen-bond donors (Lipinski definition) is 0. The SMILES string of the molecule is COc1cc2nc3ccc(OC)c(F)c3c(C)c2cc1OC. The Morgan fingerprint density at radius 2 is 1.50 bits per heavy atom. The van der Waals surface area contributed by atoms with Crippen LogP contribution in [0.5, 0.6) is 17.2 Å². The highest BCUT2D eigenvalue weighted by Gasteiger charge is 2.16. The van der Waals surface area contributed by atoms with Crippen molar-refractivity contribution in [1.82, 2.24) is 4.98 Å². The zero-order valence-corrected chi connectivity index (χ0v) is 12.9. The predicted octanol–water partition coefficient (Wildman–Crippen LogP) is 3.86. The molecule has 0 aliphatic carbocycles. The lowest BCUT2D eigenvalue weighted by atomic mass is 10.0. The second kappa shape index (κ2) is 5.33. The van der Waals surface area contributed by atoms with E-state index in [1.54, 1.807) is 32.4 Å². The third-order valence-electron chi connectivity index (χ3n) is 3.83. The Balaban J connectivity index is 2.44. The average Bonchev–Trinajstić information content (AvgIpc) is 2.54. The van der Waals surface area contributed by atoms with Crippen molar-refractivity contribution in [2.75, 3.05) is 21.3 Å². The fourth-order valence-electron chi connectivity index (χ4n) is 2.68. The molecular weight excluding hydrogens is 285 g/mol. The van der Waals surface area contributed by atoms with Gasteiger partial charge in [0.15, 0.2) is 23.1 Å². The van der Waals surface area contributed by atoms with Crippen LogP contribution in [-0.4, -0.2) is 26.3 Å². The molecule has 3 rings (SSSR count). The highest BCUT2D eigenvalue weighted by atomic mass is 19.1. The van der Waals surface area contributed by atoms with Gasteiger partial charge in [-0.3, -0.25) is 0 Å². The van der Waals surface area contributed by atoms with E-state index in [2.05, 4.69) is 4.98 Å². The van der Waals surface area contributed by atoms with Crippen LogP contribution in [0.3, 0.4) is 0 Å². The Kier molecular flexibility index (Phi) is 3.48. The van der Waals surface area contributed by atoms with Gasteiger partial charge in [-0.2, -0.15) is 0 Å². The molecule has 0 N–H and O–H groups in total. The molecule has 114 valence electrons. The van der Waals surface area contributed by atoms with Crippen molar-refractivity contribution in [3.8, 4) is 17.2 Å². The fraction of sp³-hybridized carbons (Fsp3) is 0.235. The first-order valence-corrected chi connectivity index (χ1v) is 6.79. The first-order valence-electron chi connectivity index (χ1n) is 6.79. The highest BCUT2D eigenvalue weighted by molar-refractivity contribution is 5.99. The van der Waals surface area contributed by atoms with E-state index in [4.69, 9.17) is 14.2 Å². The van der Waals surface area contributed by atoms with E-state index < -0.39 is 5.82 Å². The normalized spacial score (nSPS) is 11.0. The van der Waals surface area contributed by atoms with Gasteiger partial charge in [-0.05, 0) is 30.7 Å². The van der Waals surface area contributed by atoms with Gasteiger partial charge in [0.05, 0.1) is 32.4 Å². The Labute approximate surface area is 127 Å². The van der Waals surface area contributed by atoms with Crippen molar-refractivity contribution in [3.05, 3.63) is 35.6 Å². The number of nitrogens with zero attached hydrogens (tertiary/aromatic N) is 1. The maximum absolute atomic E-state index is 14.6. The van der Waals surface area contributed by atoms with E-state index in [1.165, 1.54) is 7.11 Å². The number of methoxy groups -OCH3 is 3. The highest BCUT2D eigenvalue weighted by Crippen LogP contribution is 2.37. The zero-order chi connectivity index (χ0) is 15.9. The van der Waals surface area contributed by atoms with Gasteiger partial charge >= 0.3 is 0 Å². The summed E-state index contributed by atoms with van der Waals surface area (Å²) in [6.45, 7) is 1.86. The lowest BCUT2D eigenvalue weighted by Crippen LogP contribution is -1.96. The van der Waals surface area contributed by atoms with Crippen LogP contribution in [0.25, 0.3) is 21.8 Å². The van der Waals surface area contributed by atoms with Crippen LogP contribution in [0.15, 0.2) is 24.3 Å². The number of pyridine rings is 1. The minimum absolute atomic E-state index is 0.206. The predicted molar refractivity (Wildman–Crippen MR) is 83.6 cm³/mol. The number of benzene rings is 2. The molecule has 22 heavy (non-hydrogen) atoms. The molecule has 4 nitrogen and oxygen atoms in total. The number of aryl methyl sites for hydroxylation is 1. The van der Waals surface area contributed by atoms with Crippen molar-refractivity contribution in [1.29, 1.82) is 0 Å². The van der Waals surface area contributed by atoms with Crippen LogP contribution >= 0.6 is 0 Å². The monoisotopic (exact) mass is 301 g/mol. The number of halogens is 1. The largest absolute Gasteiger partial charge is 0.494 e. The molecule has 0 spiro atoms. The van der Waals surface area contributed by atoms with Gasteiger partial charge in [-0.15, -0.1) is 0 Å². The lowest BCUT2D eigenvalue weighted by Gasteiger charge is -2.13. The van der Waals surface area contributed by atoms with Crippen LogP contribution in [0.4, 0.5) is 4.39 Å². The number of fused-ring (bicyclic) bond motifs is 2.